The molecule has 0 aliphatic heterocycles. The van der Waals surface area contributed by atoms with Crippen LogP contribution in [-0.4, -0.2) is 21.9 Å². The molecular weight excluding hydrogens is 369 g/mol. The first-order chi connectivity index (χ1) is 14.1. The molecule has 29 heavy (non-hydrogen) atoms. The smallest absolute Gasteiger partial charge is 0.240 e. The summed E-state index contributed by atoms with van der Waals surface area (Å²) in [7, 11) is 1.59. The van der Waals surface area contributed by atoms with Gasteiger partial charge in [-0.3, -0.25) is 4.57 Å². The average Bonchev–Trinajstić information content (AvgIpc) is 3.00. The number of halogens is 1. The highest BCUT2D eigenvalue weighted by atomic mass is 19.1. The first kappa shape index (κ1) is 18.6. The molecular formula is C24H20FNO3. The van der Waals surface area contributed by atoms with Gasteiger partial charge in [0.05, 0.1) is 12.8 Å². The van der Waals surface area contributed by atoms with Gasteiger partial charge in [-0.05, 0) is 59.7 Å². The summed E-state index contributed by atoms with van der Waals surface area (Å²) in [6.45, 7) is 0. The van der Waals surface area contributed by atoms with Gasteiger partial charge in [0.1, 0.15) is 11.6 Å². The molecule has 5 heteroatoms. The Bertz CT molecular complexity index is 1120. The van der Waals surface area contributed by atoms with E-state index < -0.39 is 0 Å². The van der Waals surface area contributed by atoms with Crippen molar-refractivity contribution in [2.24, 2.45) is 0 Å². The van der Waals surface area contributed by atoms with Crippen molar-refractivity contribution in [2.75, 3.05) is 7.11 Å². The van der Waals surface area contributed by atoms with Crippen LogP contribution in [0.25, 0.3) is 16.9 Å². The summed E-state index contributed by atoms with van der Waals surface area (Å²) in [6, 6.07) is 22.8. The number of methoxy groups -OCH3 is 1. The van der Waals surface area contributed by atoms with E-state index in [-0.39, 0.29) is 17.4 Å². The van der Waals surface area contributed by atoms with Crippen molar-refractivity contribution >= 4 is 0 Å². The van der Waals surface area contributed by atoms with E-state index in [1.165, 1.54) is 16.7 Å². The van der Waals surface area contributed by atoms with Crippen molar-refractivity contribution in [3.05, 3.63) is 95.8 Å². The van der Waals surface area contributed by atoms with Gasteiger partial charge in [-0.2, -0.15) is 0 Å². The van der Waals surface area contributed by atoms with Crippen LogP contribution < -0.4 is 4.74 Å². The number of hydrogen-bond acceptors (Lipinski definition) is 3. The SMILES string of the molecule is COc1ccc(-c2c(Cc3ccccc3)c(O)c(O)n2-c2ccc(F)cc2)cc1. The van der Waals surface area contributed by atoms with Crippen LogP contribution in [0.3, 0.4) is 0 Å². The Kier molecular flexibility index (Phi) is 4.96. The predicted molar refractivity (Wildman–Crippen MR) is 110 cm³/mol. The second-order valence-electron chi connectivity index (χ2n) is 6.70. The quantitative estimate of drug-likeness (QED) is 0.487. The third-order valence-electron chi connectivity index (χ3n) is 4.89. The highest BCUT2D eigenvalue weighted by Gasteiger charge is 2.24. The van der Waals surface area contributed by atoms with Crippen LogP contribution in [0.1, 0.15) is 11.1 Å². The number of hydrogen-bond donors (Lipinski definition) is 2. The van der Waals surface area contributed by atoms with Crippen LogP contribution in [-0.2, 0) is 6.42 Å². The zero-order valence-corrected chi connectivity index (χ0v) is 15.8. The number of rotatable bonds is 5. The van der Waals surface area contributed by atoms with E-state index in [9.17, 15) is 14.6 Å². The van der Waals surface area contributed by atoms with E-state index in [2.05, 4.69) is 0 Å². The summed E-state index contributed by atoms with van der Waals surface area (Å²) < 4.78 is 20.2. The molecule has 2 N–H and O–H groups in total. The zero-order valence-electron chi connectivity index (χ0n) is 15.8. The average molecular weight is 389 g/mol. The summed E-state index contributed by atoms with van der Waals surface area (Å²) in [4.78, 5) is 0. The Labute approximate surface area is 168 Å². The number of aromatic nitrogens is 1. The van der Waals surface area contributed by atoms with Gasteiger partial charge in [0.2, 0.25) is 5.88 Å². The largest absolute Gasteiger partial charge is 0.503 e. The van der Waals surface area contributed by atoms with E-state index in [0.717, 1.165) is 11.1 Å². The molecule has 0 amide bonds. The minimum atomic E-state index is -0.375. The summed E-state index contributed by atoms with van der Waals surface area (Å²) in [6.07, 6.45) is 0.426. The lowest BCUT2D eigenvalue weighted by molar-refractivity contribution is 0.385. The minimum absolute atomic E-state index is 0.191. The summed E-state index contributed by atoms with van der Waals surface area (Å²) >= 11 is 0. The van der Waals surface area contributed by atoms with Crippen LogP contribution in [0.2, 0.25) is 0 Å². The maximum absolute atomic E-state index is 13.4. The van der Waals surface area contributed by atoms with Crippen molar-refractivity contribution in [3.63, 3.8) is 0 Å². The molecule has 0 unspecified atom stereocenters. The molecule has 0 bridgehead atoms. The summed E-state index contributed by atoms with van der Waals surface area (Å²) in [5.41, 5.74) is 3.55. The molecule has 3 aromatic carbocycles. The lowest BCUT2D eigenvalue weighted by Gasteiger charge is -2.13. The molecule has 4 aromatic rings. The van der Waals surface area contributed by atoms with E-state index in [0.29, 0.717) is 29.1 Å². The Morgan fingerprint density at radius 2 is 1.52 bits per heavy atom. The van der Waals surface area contributed by atoms with Gasteiger partial charge in [0.25, 0.3) is 0 Å². The number of nitrogens with zero attached hydrogens (tertiary/aromatic N) is 1. The van der Waals surface area contributed by atoms with Gasteiger partial charge in [0.15, 0.2) is 5.75 Å². The minimum Gasteiger partial charge on any atom is -0.503 e. The van der Waals surface area contributed by atoms with E-state index in [4.69, 9.17) is 4.74 Å². The third-order valence-corrected chi connectivity index (χ3v) is 4.89. The lowest BCUT2D eigenvalue weighted by atomic mass is 10.0. The van der Waals surface area contributed by atoms with Crippen molar-refractivity contribution < 1.29 is 19.3 Å². The summed E-state index contributed by atoms with van der Waals surface area (Å²) in [5.74, 6) is -0.149. The fourth-order valence-corrected chi connectivity index (χ4v) is 3.46. The fraction of sp³-hybridized carbons (Fsp3) is 0.0833. The van der Waals surface area contributed by atoms with Crippen molar-refractivity contribution in [1.82, 2.24) is 4.57 Å². The van der Waals surface area contributed by atoms with Crippen LogP contribution in [0.5, 0.6) is 17.4 Å². The Morgan fingerprint density at radius 1 is 0.862 bits per heavy atom. The lowest BCUT2D eigenvalue weighted by Crippen LogP contribution is -1.99. The van der Waals surface area contributed by atoms with Gasteiger partial charge in [-0.25, -0.2) is 4.39 Å². The van der Waals surface area contributed by atoms with E-state index in [1.54, 1.807) is 19.2 Å². The monoisotopic (exact) mass is 389 g/mol. The van der Waals surface area contributed by atoms with Crippen molar-refractivity contribution in [1.29, 1.82) is 0 Å². The number of benzene rings is 3. The maximum atomic E-state index is 13.4. The molecule has 0 spiro atoms. The van der Waals surface area contributed by atoms with Crippen LogP contribution in [0, 0.1) is 5.82 Å². The zero-order chi connectivity index (χ0) is 20.4. The van der Waals surface area contributed by atoms with Gasteiger partial charge in [-0.15, -0.1) is 0 Å². The molecule has 0 fully saturated rings. The fourth-order valence-electron chi connectivity index (χ4n) is 3.46. The van der Waals surface area contributed by atoms with Gasteiger partial charge >= 0.3 is 0 Å². The molecule has 0 radical (unpaired) electrons. The van der Waals surface area contributed by atoms with E-state index >= 15 is 0 Å². The normalized spacial score (nSPS) is 10.8. The Balaban J connectivity index is 1.94. The van der Waals surface area contributed by atoms with Gasteiger partial charge < -0.3 is 14.9 Å². The highest BCUT2D eigenvalue weighted by molar-refractivity contribution is 5.74. The molecule has 0 saturated carbocycles. The highest BCUT2D eigenvalue weighted by Crippen LogP contribution is 2.44. The van der Waals surface area contributed by atoms with Crippen LogP contribution >= 0.6 is 0 Å². The van der Waals surface area contributed by atoms with Gasteiger partial charge in [-0.1, -0.05) is 30.3 Å². The molecule has 4 nitrogen and oxygen atoms in total. The molecule has 1 aromatic heterocycles. The van der Waals surface area contributed by atoms with Crippen molar-refractivity contribution in [2.45, 2.75) is 6.42 Å². The van der Waals surface area contributed by atoms with Gasteiger partial charge in [0, 0.05) is 17.7 Å². The Hall–Kier alpha value is -3.73. The topological polar surface area (TPSA) is 54.6 Å². The molecule has 0 aliphatic carbocycles. The molecule has 146 valence electrons. The summed E-state index contributed by atoms with van der Waals surface area (Å²) in [5, 5.41) is 21.5. The molecule has 4 rings (SSSR count). The van der Waals surface area contributed by atoms with Crippen LogP contribution in [0.4, 0.5) is 4.39 Å². The first-order valence-corrected chi connectivity index (χ1v) is 9.18. The number of ether oxygens (including phenoxy) is 1. The standard InChI is InChI=1S/C24H20FNO3/c1-29-20-13-7-17(8-14-20)22-21(15-16-5-3-2-4-6-16)23(27)24(28)26(22)19-11-9-18(25)10-12-19/h2-14,27-28H,15H2,1H3. The van der Waals surface area contributed by atoms with Crippen LogP contribution in [0.15, 0.2) is 78.9 Å². The first-order valence-electron chi connectivity index (χ1n) is 9.18. The Morgan fingerprint density at radius 3 is 2.14 bits per heavy atom. The maximum Gasteiger partial charge on any atom is 0.240 e. The second kappa shape index (κ2) is 7.72. The molecule has 0 saturated heterocycles. The second-order valence-corrected chi connectivity index (χ2v) is 6.70. The molecule has 0 atom stereocenters. The van der Waals surface area contributed by atoms with Crippen molar-refractivity contribution in [3.8, 4) is 34.3 Å². The predicted octanol–water partition coefficient (Wildman–Crippen LogP) is 5.29. The molecule has 1 heterocycles. The molecule has 0 aliphatic rings. The van der Waals surface area contributed by atoms with E-state index in [1.807, 2.05) is 54.6 Å². The number of aromatic hydroxyl groups is 2. The third kappa shape index (κ3) is 3.55.